The molecule has 0 aromatic heterocycles. The minimum atomic E-state index is -0.680. The SMILES string of the molecule is NCC/C=C/C/C=C/C/C=C/CCCCCCCC(=O)O. The predicted molar refractivity (Wildman–Crippen MR) is 90.3 cm³/mol. The molecule has 0 atom stereocenters. The number of carbonyl (C=O) groups is 1. The van der Waals surface area contributed by atoms with Gasteiger partial charge in [0.25, 0.3) is 0 Å². The molecule has 3 nitrogen and oxygen atoms in total. The summed E-state index contributed by atoms with van der Waals surface area (Å²) in [6.45, 7) is 0.725. The van der Waals surface area contributed by atoms with Gasteiger partial charge < -0.3 is 10.8 Å². The summed E-state index contributed by atoms with van der Waals surface area (Å²) < 4.78 is 0. The zero-order valence-corrected chi connectivity index (χ0v) is 13.2. The van der Waals surface area contributed by atoms with E-state index in [2.05, 4.69) is 36.5 Å². The summed E-state index contributed by atoms with van der Waals surface area (Å²) in [5, 5.41) is 8.51. The second-order valence-corrected chi connectivity index (χ2v) is 5.16. The van der Waals surface area contributed by atoms with E-state index < -0.39 is 5.97 Å². The van der Waals surface area contributed by atoms with Crippen molar-refractivity contribution in [2.24, 2.45) is 5.73 Å². The molecule has 3 heteroatoms. The number of rotatable bonds is 14. The van der Waals surface area contributed by atoms with Crippen molar-refractivity contribution >= 4 is 5.97 Å². The van der Waals surface area contributed by atoms with Gasteiger partial charge in [-0.05, 0) is 45.1 Å². The summed E-state index contributed by atoms with van der Waals surface area (Å²) in [4.78, 5) is 10.3. The highest BCUT2D eigenvalue weighted by atomic mass is 16.4. The predicted octanol–water partition coefficient (Wildman–Crippen LogP) is 4.60. The van der Waals surface area contributed by atoms with Gasteiger partial charge in [-0.15, -0.1) is 0 Å². The second-order valence-electron chi connectivity index (χ2n) is 5.16. The topological polar surface area (TPSA) is 63.3 Å². The van der Waals surface area contributed by atoms with Crippen LogP contribution in [0, 0.1) is 0 Å². The Morgan fingerprint density at radius 1 is 0.762 bits per heavy atom. The smallest absolute Gasteiger partial charge is 0.303 e. The third-order valence-electron chi connectivity index (χ3n) is 3.14. The lowest BCUT2D eigenvalue weighted by Crippen LogP contribution is -1.94. The highest BCUT2D eigenvalue weighted by Crippen LogP contribution is 2.07. The Kier molecular flexibility index (Phi) is 15.6. The van der Waals surface area contributed by atoms with Gasteiger partial charge in [-0.3, -0.25) is 4.79 Å². The summed E-state index contributed by atoms with van der Waals surface area (Å²) in [6.07, 6.45) is 22.9. The van der Waals surface area contributed by atoms with Crippen molar-refractivity contribution in [2.45, 2.75) is 64.2 Å². The molecule has 0 heterocycles. The van der Waals surface area contributed by atoms with Crippen LogP contribution in [0.4, 0.5) is 0 Å². The Morgan fingerprint density at radius 3 is 1.90 bits per heavy atom. The highest BCUT2D eigenvalue weighted by Gasteiger charge is 1.95. The molecule has 0 radical (unpaired) electrons. The first-order valence-electron chi connectivity index (χ1n) is 8.14. The number of carboxylic acids is 1. The van der Waals surface area contributed by atoms with Crippen LogP contribution in [0.25, 0.3) is 0 Å². The molecule has 0 bridgehead atoms. The van der Waals surface area contributed by atoms with E-state index in [0.29, 0.717) is 6.42 Å². The van der Waals surface area contributed by atoms with Crippen LogP contribution >= 0.6 is 0 Å². The minimum absolute atomic E-state index is 0.313. The van der Waals surface area contributed by atoms with Crippen molar-refractivity contribution in [3.05, 3.63) is 36.5 Å². The number of hydrogen-bond donors (Lipinski definition) is 2. The number of hydrogen-bond acceptors (Lipinski definition) is 2. The largest absolute Gasteiger partial charge is 0.481 e. The number of allylic oxidation sites excluding steroid dienone is 5. The fourth-order valence-corrected chi connectivity index (χ4v) is 1.94. The molecule has 0 rings (SSSR count). The van der Waals surface area contributed by atoms with Crippen molar-refractivity contribution in [3.63, 3.8) is 0 Å². The Hall–Kier alpha value is -1.35. The molecule has 0 fully saturated rings. The third kappa shape index (κ3) is 18.6. The molecule has 21 heavy (non-hydrogen) atoms. The van der Waals surface area contributed by atoms with Gasteiger partial charge in [0.05, 0.1) is 0 Å². The number of nitrogens with two attached hydrogens (primary N) is 1. The zero-order chi connectivity index (χ0) is 15.6. The molecule has 0 spiro atoms. The molecule has 3 N–H and O–H groups in total. The number of aliphatic carboxylic acids is 1. The zero-order valence-electron chi connectivity index (χ0n) is 13.2. The average molecular weight is 293 g/mol. The lowest BCUT2D eigenvalue weighted by atomic mass is 10.1. The van der Waals surface area contributed by atoms with Crippen LogP contribution in [0.5, 0.6) is 0 Å². The van der Waals surface area contributed by atoms with Gasteiger partial charge in [0, 0.05) is 6.42 Å². The maximum absolute atomic E-state index is 10.3. The van der Waals surface area contributed by atoms with Crippen molar-refractivity contribution in [2.75, 3.05) is 6.54 Å². The summed E-state index contributed by atoms with van der Waals surface area (Å²) in [5.74, 6) is -0.680. The Labute approximate surface area is 129 Å². The monoisotopic (exact) mass is 293 g/mol. The van der Waals surface area contributed by atoms with Gasteiger partial charge in [0.2, 0.25) is 0 Å². The van der Waals surface area contributed by atoms with E-state index in [1.54, 1.807) is 0 Å². The van der Waals surface area contributed by atoms with E-state index in [9.17, 15) is 4.79 Å². The Bertz CT molecular complexity index is 319. The fraction of sp³-hybridized carbons (Fsp3) is 0.611. The molecule has 0 saturated heterocycles. The molecule has 0 aliphatic carbocycles. The quantitative estimate of drug-likeness (QED) is 0.363. The number of unbranched alkanes of at least 4 members (excludes halogenated alkanes) is 5. The molecule has 120 valence electrons. The maximum atomic E-state index is 10.3. The molecule has 0 aliphatic heterocycles. The van der Waals surface area contributed by atoms with E-state index in [-0.39, 0.29) is 0 Å². The van der Waals surface area contributed by atoms with E-state index in [4.69, 9.17) is 10.8 Å². The summed E-state index contributed by atoms with van der Waals surface area (Å²) in [6, 6.07) is 0. The van der Waals surface area contributed by atoms with Crippen LogP contribution in [0.2, 0.25) is 0 Å². The fourth-order valence-electron chi connectivity index (χ4n) is 1.94. The number of carboxylic acid groups (broad SMARTS) is 1. The van der Waals surface area contributed by atoms with Crippen LogP contribution in [-0.2, 0) is 4.79 Å². The maximum Gasteiger partial charge on any atom is 0.303 e. The van der Waals surface area contributed by atoms with E-state index in [0.717, 1.165) is 51.5 Å². The molecule has 0 aromatic carbocycles. The highest BCUT2D eigenvalue weighted by molar-refractivity contribution is 5.66. The van der Waals surface area contributed by atoms with Crippen molar-refractivity contribution in [1.29, 1.82) is 0 Å². The van der Waals surface area contributed by atoms with Gasteiger partial charge in [-0.2, -0.15) is 0 Å². The van der Waals surface area contributed by atoms with Crippen molar-refractivity contribution < 1.29 is 9.90 Å². The molecule has 0 saturated carbocycles. The minimum Gasteiger partial charge on any atom is -0.481 e. The Morgan fingerprint density at radius 2 is 1.29 bits per heavy atom. The van der Waals surface area contributed by atoms with Crippen LogP contribution in [0.1, 0.15) is 64.2 Å². The van der Waals surface area contributed by atoms with E-state index >= 15 is 0 Å². The van der Waals surface area contributed by atoms with Gasteiger partial charge in [0.15, 0.2) is 0 Å². The van der Waals surface area contributed by atoms with Crippen LogP contribution < -0.4 is 5.73 Å². The summed E-state index contributed by atoms with van der Waals surface area (Å²) >= 11 is 0. The van der Waals surface area contributed by atoms with E-state index in [1.165, 1.54) is 12.8 Å². The molecule has 0 amide bonds. The molecule has 0 aromatic rings. The average Bonchev–Trinajstić information content (AvgIpc) is 2.46. The third-order valence-corrected chi connectivity index (χ3v) is 3.14. The van der Waals surface area contributed by atoms with Gasteiger partial charge in [-0.25, -0.2) is 0 Å². The van der Waals surface area contributed by atoms with E-state index in [1.807, 2.05) is 0 Å². The van der Waals surface area contributed by atoms with Crippen LogP contribution in [0.3, 0.4) is 0 Å². The molecule has 0 aliphatic rings. The van der Waals surface area contributed by atoms with Gasteiger partial charge in [-0.1, -0.05) is 55.7 Å². The standard InChI is InChI=1S/C18H31NO2/c19-17-15-13-11-9-7-5-3-1-2-4-6-8-10-12-14-16-18(20)21/h1-2,5,7,11,13H,3-4,6,8-10,12,14-17,19H2,(H,20,21)/b2-1+,7-5+,13-11+. The first-order valence-corrected chi connectivity index (χ1v) is 8.14. The molecular weight excluding hydrogens is 262 g/mol. The lowest BCUT2D eigenvalue weighted by molar-refractivity contribution is -0.137. The van der Waals surface area contributed by atoms with Crippen LogP contribution in [-0.4, -0.2) is 17.6 Å². The summed E-state index contributed by atoms with van der Waals surface area (Å²) in [5.41, 5.74) is 5.39. The van der Waals surface area contributed by atoms with Crippen LogP contribution in [0.15, 0.2) is 36.5 Å². The van der Waals surface area contributed by atoms with Gasteiger partial charge in [0.1, 0.15) is 0 Å². The first-order chi connectivity index (χ1) is 10.3. The Balaban J connectivity index is 3.25. The van der Waals surface area contributed by atoms with Gasteiger partial charge >= 0.3 is 5.97 Å². The second kappa shape index (κ2) is 16.7. The molecule has 0 unspecified atom stereocenters. The van der Waals surface area contributed by atoms with Crippen molar-refractivity contribution in [1.82, 2.24) is 0 Å². The van der Waals surface area contributed by atoms with Crippen molar-refractivity contribution in [3.8, 4) is 0 Å². The summed E-state index contributed by atoms with van der Waals surface area (Å²) in [7, 11) is 0. The normalized spacial score (nSPS) is 12.0. The first kappa shape index (κ1) is 19.7. The molecular formula is C18H31NO2. The lowest BCUT2D eigenvalue weighted by Gasteiger charge is -1.98.